The van der Waals surface area contributed by atoms with Crippen LogP contribution in [0.2, 0.25) is 5.02 Å². The summed E-state index contributed by atoms with van der Waals surface area (Å²) >= 11 is 6.10. The van der Waals surface area contributed by atoms with Gasteiger partial charge in [-0.25, -0.2) is 4.98 Å². The first-order chi connectivity index (χ1) is 10.2. The molecule has 0 bridgehead atoms. The lowest BCUT2D eigenvalue weighted by molar-refractivity contribution is 0.0745. The lowest BCUT2D eigenvalue weighted by atomic mass is 10.2. The predicted molar refractivity (Wildman–Crippen MR) is 83.4 cm³/mol. The van der Waals surface area contributed by atoms with Crippen molar-refractivity contribution >= 4 is 23.3 Å². The molecule has 0 aliphatic heterocycles. The van der Waals surface area contributed by atoms with Gasteiger partial charge in [-0.05, 0) is 31.2 Å². The highest BCUT2D eigenvalue weighted by molar-refractivity contribution is 6.33. The zero-order valence-electron chi connectivity index (χ0n) is 12.0. The van der Waals surface area contributed by atoms with E-state index in [2.05, 4.69) is 15.3 Å². The molecule has 110 valence electrons. The summed E-state index contributed by atoms with van der Waals surface area (Å²) in [6.45, 7) is 2.89. The number of aromatic nitrogens is 2. The van der Waals surface area contributed by atoms with Gasteiger partial charge in [-0.1, -0.05) is 17.7 Å². The molecule has 5 nitrogen and oxygen atoms in total. The van der Waals surface area contributed by atoms with Crippen molar-refractivity contribution in [2.24, 2.45) is 0 Å². The molecule has 1 N–H and O–H groups in total. The Morgan fingerprint density at radius 2 is 2.14 bits per heavy atom. The smallest absolute Gasteiger partial charge is 0.274 e. The molecule has 0 saturated carbocycles. The number of nitrogens with zero attached hydrogens (tertiary/aromatic N) is 3. The summed E-state index contributed by atoms with van der Waals surface area (Å²) in [5.41, 5.74) is 1.08. The monoisotopic (exact) mass is 304 g/mol. The average Bonchev–Trinajstić information content (AvgIpc) is 2.53. The van der Waals surface area contributed by atoms with E-state index in [1.807, 2.05) is 25.1 Å². The van der Waals surface area contributed by atoms with Gasteiger partial charge in [0.05, 0.1) is 17.3 Å². The van der Waals surface area contributed by atoms with Crippen molar-refractivity contribution in [1.82, 2.24) is 14.9 Å². The van der Waals surface area contributed by atoms with E-state index in [4.69, 9.17) is 11.6 Å². The fourth-order valence-electron chi connectivity index (χ4n) is 1.90. The highest BCUT2D eigenvalue weighted by Gasteiger charge is 2.19. The van der Waals surface area contributed by atoms with E-state index in [9.17, 15) is 4.79 Å². The fraction of sp³-hybridized carbons (Fsp3) is 0.267. The first-order valence-electron chi connectivity index (χ1n) is 6.69. The van der Waals surface area contributed by atoms with Crippen molar-refractivity contribution in [1.29, 1.82) is 0 Å². The number of rotatable bonds is 5. The second-order valence-electron chi connectivity index (χ2n) is 4.42. The lowest BCUT2D eigenvalue weighted by Crippen LogP contribution is -2.31. The summed E-state index contributed by atoms with van der Waals surface area (Å²) in [4.78, 5) is 22.7. The molecule has 2 aromatic rings. The van der Waals surface area contributed by atoms with Gasteiger partial charge >= 0.3 is 0 Å². The number of amides is 1. The quantitative estimate of drug-likeness (QED) is 0.923. The largest absolute Gasteiger partial charge is 0.373 e. The molecule has 0 radical (unpaired) electrons. The minimum absolute atomic E-state index is 0.203. The van der Waals surface area contributed by atoms with Gasteiger partial charge in [-0.3, -0.25) is 9.78 Å². The van der Waals surface area contributed by atoms with E-state index in [-0.39, 0.29) is 11.6 Å². The van der Waals surface area contributed by atoms with Crippen LogP contribution in [0.4, 0.5) is 5.82 Å². The number of hydrogen-bond donors (Lipinski definition) is 1. The number of carbonyl (C=O) groups is 1. The maximum absolute atomic E-state index is 12.6. The molecule has 0 saturated heterocycles. The highest BCUT2D eigenvalue weighted by atomic mass is 35.5. The number of halogens is 1. The van der Waals surface area contributed by atoms with E-state index in [0.29, 0.717) is 23.9 Å². The lowest BCUT2D eigenvalue weighted by Gasteiger charge is -2.20. The number of nitrogens with one attached hydrogen (secondary N) is 1. The van der Waals surface area contributed by atoms with Crippen LogP contribution in [0.25, 0.3) is 0 Å². The van der Waals surface area contributed by atoms with E-state index in [0.717, 1.165) is 5.69 Å². The topological polar surface area (TPSA) is 58.1 Å². The van der Waals surface area contributed by atoms with Gasteiger partial charge in [-0.2, -0.15) is 0 Å². The Labute approximate surface area is 129 Å². The maximum Gasteiger partial charge on any atom is 0.274 e. The average molecular weight is 305 g/mol. The number of hydrogen-bond acceptors (Lipinski definition) is 4. The van der Waals surface area contributed by atoms with E-state index in [1.165, 1.54) is 0 Å². The SMILES string of the molecule is CCN(Cc1ccccn1)C(=O)c1nc(NC)ccc1Cl. The Morgan fingerprint density at radius 1 is 1.33 bits per heavy atom. The minimum atomic E-state index is -0.203. The molecule has 1 amide bonds. The van der Waals surface area contributed by atoms with Crippen molar-refractivity contribution in [2.45, 2.75) is 13.5 Å². The Bertz CT molecular complexity index is 618. The van der Waals surface area contributed by atoms with Gasteiger partial charge in [0.2, 0.25) is 0 Å². The first kappa shape index (κ1) is 15.3. The van der Waals surface area contributed by atoms with Gasteiger partial charge in [0, 0.05) is 19.8 Å². The second-order valence-corrected chi connectivity index (χ2v) is 4.82. The van der Waals surface area contributed by atoms with Crippen LogP contribution in [0, 0.1) is 0 Å². The molecule has 2 aromatic heterocycles. The van der Waals surface area contributed by atoms with E-state index < -0.39 is 0 Å². The van der Waals surface area contributed by atoms with E-state index >= 15 is 0 Å². The third-order valence-electron chi connectivity index (χ3n) is 3.05. The van der Waals surface area contributed by atoms with Gasteiger partial charge in [0.15, 0.2) is 0 Å². The molecule has 0 spiro atoms. The van der Waals surface area contributed by atoms with Crippen molar-refractivity contribution in [3.63, 3.8) is 0 Å². The summed E-state index contributed by atoms with van der Waals surface area (Å²) in [5.74, 6) is 0.405. The van der Waals surface area contributed by atoms with Gasteiger partial charge in [0.25, 0.3) is 5.91 Å². The molecular weight excluding hydrogens is 288 g/mol. The molecule has 0 fully saturated rings. The van der Waals surface area contributed by atoms with Crippen molar-refractivity contribution in [3.05, 3.63) is 52.9 Å². The maximum atomic E-state index is 12.6. The van der Waals surface area contributed by atoms with Crippen LogP contribution >= 0.6 is 11.6 Å². The molecule has 2 rings (SSSR count). The molecule has 0 aliphatic rings. The summed E-state index contributed by atoms with van der Waals surface area (Å²) in [6.07, 6.45) is 1.71. The fourth-order valence-corrected chi connectivity index (χ4v) is 2.08. The van der Waals surface area contributed by atoms with Gasteiger partial charge < -0.3 is 10.2 Å². The summed E-state index contributed by atoms with van der Waals surface area (Å²) < 4.78 is 0. The second kappa shape index (κ2) is 7.04. The van der Waals surface area contributed by atoms with Crippen molar-refractivity contribution < 1.29 is 4.79 Å². The third kappa shape index (κ3) is 3.70. The zero-order chi connectivity index (χ0) is 15.2. The van der Waals surface area contributed by atoms with E-state index in [1.54, 1.807) is 30.3 Å². The van der Waals surface area contributed by atoms with Crippen molar-refractivity contribution in [2.75, 3.05) is 18.9 Å². The third-order valence-corrected chi connectivity index (χ3v) is 3.36. The summed E-state index contributed by atoms with van der Waals surface area (Å²) in [5, 5.41) is 3.25. The first-order valence-corrected chi connectivity index (χ1v) is 7.07. The van der Waals surface area contributed by atoms with Crippen LogP contribution in [0.3, 0.4) is 0 Å². The summed E-state index contributed by atoms with van der Waals surface area (Å²) in [7, 11) is 1.75. The molecule has 0 aromatic carbocycles. The minimum Gasteiger partial charge on any atom is -0.373 e. The molecule has 6 heteroatoms. The van der Waals surface area contributed by atoms with Crippen LogP contribution in [-0.2, 0) is 6.54 Å². The zero-order valence-corrected chi connectivity index (χ0v) is 12.8. The molecule has 21 heavy (non-hydrogen) atoms. The summed E-state index contributed by atoms with van der Waals surface area (Å²) in [6, 6.07) is 9.02. The van der Waals surface area contributed by atoms with Crippen LogP contribution in [0.1, 0.15) is 23.1 Å². The number of carbonyl (C=O) groups excluding carboxylic acids is 1. The predicted octanol–water partition coefficient (Wildman–Crippen LogP) is 2.83. The molecule has 0 aliphatic carbocycles. The highest BCUT2D eigenvalue weighted by Crippen LogP contribution is 2.19. The molecule has 0 unspecified atom stereocenters. The Morgan fingerprint density at radius 3 is 2.76 bits per heavy atom. The number of pyridine rings is 2. The van der Waals surface area contributed by atoms with Crippen LogP contribution in [-0.4, -0.2) is 34.4 Å². The van der Waals surface area contributed by atoms with Crippen LogP contribution in [0.5, 0.6) is 0 Å². The normalized spacial score (nSPS) is 10.2. The van der Waals surface area contributed by atoms with Gasteiger partial charge in [-0.15, -0.1) is 0 Å². The Kier molecular flexibility index (Phi) is 5.11. The van der Waals surface area contributed by atoms with Crippen molar-refractivity contribution in [3.8, 4) is 0 Å². The van der Waals surface area contributed by atoms with Crippen LogP contribution in [0.15, 0.2) is 36.5 Å². The van der Waals surface area contributed by atoms with Crippen LogP contribution < -0.4 is 5.32 Å². The van der Waals surface area contributed by atoms with Gasteiger partial charge in [0.1, 0.15) is 11.5 Å². The standard InChI is InChI=1S/C15H17ClN4O/c1-3-20(10-11-6-4-5-9-18-11)15(21)14-12(16)7-8-13(17-2)19-14/h4-9H,3,10H2,1-2H3,(H,17,19). The Balaban J connectivity index is 2.24. The molecular formula is C15H17ClN4O. The molecule has 2 heterocycles. The molecule has 0 atom stereocenters. The number of anilines is 1. The Hall–Kier alpha value is -2.14.